The second-order valence-electron chi connectivity index (χ2n) is 8.44. The first kappa shape index (κ1) is 25.0. The molecule has 0 saturated heterocycles. The first-order valence-electron chi connectivity index (χ1n) is 11.1. The van der Waals surface area contributed by atoms with Crippen molar-refractivity contribution in [2.75, 3.05) is 5.32 Å². The van der Waals surface area contributed by atoms with Crippen LogP contribution in [0.25, 0.3) is 22.3 Å². The molecular formula is C24H20BrClF2N8O. The van der Waals surface area contributed by atoms with Gasteiger partial charge >= 0.3 is 0 Å². The summed E-state index contributed by atoms with van der Waals surface area (Å²) in [4.78, 5) is 17.4. The number of nitrogens with one attached hydrogen (secondary N) is 1. The Bertz CT molecular complexity index is 1610. The minimum atomic E-state index is -2.75. The molecule has 1 amide bonds. The van der Waals surface area contributed by atoms with Crippen LogP contribution in [0.2, 0.25) is 5.02 Å². The SMILES string of the molecule is Cc1nn(CC(=O)Nc2nn(Cc3ccc(Br)cc3)cc2Cl)c2nc(-c3cnn(C)c3)cc(C(F)F)c12. The van der Waals surface area contributed by atoms with Gasteiger partial charge in [0.25, 0.3) is 6.43 Å². The monoisotopic (exact) mass is 588 g/mol. The van der Waals surface area contributed by atoms with Crippen molar-refractivity contribution in [3.05, 3.63) is 75.2 Å². The van der Waals surface area contributed by atoms with Gasteiger partial charge < -0.3 is 5.32 Å². The Morgan fingerprint density at radius 2 is 1.95 bits per heavy atom. The summed E-state index contributed by atoms with van der Waals surface area (Å²) in [5.41, 5.74) is 2.21. The quantitative estimate of drug-likeness (QED) is 0.275. The number of halogens is 4. The zero-order chi connectivity index (χ0) is 26.3. The van der Waals surface area contributed by atoms with Crippen LogP contribution in [-0.2, 0) is 24.9 Å². The van der Waals surface area contributed by atoms with Crippen LogP contribution in [0.5, 0.6) is 0 Å². The molecule has 0 aliphatic carbocycles. The fourth-order valence-corrected chi connectivity index (χ4v) is 4.48. The fourth-order valence-electron chi connectivity index (χ4n) is 4.02. The molecular weight excluding hydrogens is 570 g/mol. The third-order valence-corrected chi connectivity index (χ3v) is 6.47. The topological polar surface area (TPSA) is 95.5 Å². The van der Waals surface area contributed by atoms with Crippen LogP contribution in [0.4, 0.5) is 14.6 Å². The number of rotatable bonds is 7. The van der Waals surface area contributed by atoms with Crippen molar-refractivity contribution >= 4 is 50.3 Å². The molecule has 1 aromatic carbocycles. The molecule has 0 unspecified atom stereocenters. The van der Waals surface area contributed by atoms with Crippen LogP contribution in [0, 0.1) is 6.92 Å². The Kier molecular flexibility index (Phi) is 6.78. The standard InChI is InChI=1S/C24H20BrClF2N8O/c1-13-21-17(22(27)28)7-19(15-8-29-34(2)10-15)30-24(21)36(32-13)12-20(37)31-23-18(26)11-35(33-23)9-14-3-5-16(25)6-4-14/h3-8,10-11,22H,9,12H2,1-2H3,(H,31,33,37). The molecule has 0 aliphatic heterocycles. The molecule has 0 bridgehead atoms. The van der Waals surface area contributed by atoms with Crippen LogP contribution in [0.1, 0.15) is 23.2 Å². The Morgan fingerprint density at radius 3 is 2.62 bits per heavy atom. The summed E-state index contributed by atoms with van der Waals surface area (Å²) in [6, 6.07) is 9.08. The van der Waals surface area contributed by atoms with Gasteiger partial charge in [-0.1, -0.05) is 39.7 Å². The Hall–Kier alpha value is -3.64. The molecule has 5 aromatic rings. The summed E-state index contributed by atoms with van der Waals surface area (Å²) >= 11 is 9.70. The third-order valence-electron chi connectivity index (χ3n) is 5.67. The molecule has 37 heavy (non-hydrogen) atoms. The van der Waals surface area contributed by atoms with E-state index in [0.717, 1.165) is 10.0 Å². The molecule has 0 spiro atoms. The van der Waals surface area contributed by atoms with Gasteiger partial charge in [0, 0.05) is 35.0 Å². The van der Waals surface area contributed by atoms with Gasteiger partial charge in [-0.3, -0.25) is 14.2 Å². The van der Waals surface area contributed by atoms with Crippen molar-refractivity contribution in [2.45, 2.75) is 26.4 Å². The lowest BCUT2D eigenvalue weighted by Gasteiger charge is -2.08. The zero-order valence-corrected chi connectivity index (χ0v) is 22.0. The minimum absolute atomic E-state index is 0.177. The maximum atomic E-state index is 14.0. The number of aryl methyl sites for hydroxylation is 2. The molecule has 0 atom stereocenters. The molecule has 9 nitrogen and oxygen atoms in total. The molecule has 0 radical (unpaired) electrons. The number of alkyl halides is 2. The number of nitrogens with zero attached hydrogens (tertiary/aromatic N) is 7. The molecule has 1 N–H and O–H groups in total. The normalized spacial score (nSPS) is 11.5. The number of carbonyl (C=O) groups excluding carboxylic acids is 1. The fraction of sp³-hybridized carbons (Fsp3) is 0.208. The van der Waals surface area contributed by atoms with Gasteiger partial charge in [-0.25, -0.2) is 18.4 Å². The van der Waals surface area contributed by atoms with Gasteiger partial charge in [-0.15, -0.1) is 0 Å². The van der Waals surface area contributed by atoms with Crippen molar-refractivity contribution < 1.29 is 13.6 Å². The highest BCUT2D eigenvalue weighted by Gasteiger charge is 2.23. The number of aromatic nitrogens is 7. The first-order valence-corrected chi connectivity index (χ1v) is 12.3. The second kappa shape index (κ2) is 10.0. The molecule has 4 heterocycles. The van der Waals surface area contributed by atoms with Crippen LogP contribution < -0.4 is 5.32 Å². The first-order chi connectivity index (χ1) is 17.7. The summed E-state index contributed by atoms with van der Waals surface area (Å²) in [5.74, 6) is -0.290. The highest BCUT2D eigenvalue weighted by molar-refractivity contribution is 9.10. The van der Waals surface area contributed by atoms with E-state index in [9.17, 15) is 13.6 Å². The minimum Gasteiger partial charge on any atom is -0.306 e. The van der Waals surface area contributed by atoms with Crippen molar-refractivity contribution in [3.63, 3.8) is 0 Å². The summed E-state index contributed by atoms with van der Waals surface area (Å²) in [6.07, 6.45) is 2.08. The molecule has 190 valence electrons. The number of hydrogen-bond donors (Lipinski definition) is 1. The number of amides is 1. The highest BCUT2D eigenvalue weighted by atomic mass is 79.9. The van der Waals surface area contributed by atoms with E-state index in [4.69, 9.17) is 11.6 Å². The molecule has 0 aliphatic rings. The van der Waals surface area contributed by atoms with Crippen LogP contribution >= 0.6 is 27.5 Å². The van der Waals surface area contributed by atoms with Crippen LogP contribution in [0.15, 0.2) is 53.4 Å². The molecule has 0 fully saturated rings. The van der Waals surface area contributed by atoms with Crippen LogP contribution in [0.3, 0.4) is 0 Å². The van der Waals surface area contributed by atoms with Gasteiger partial charge in [0.1, 0.15) is 11.6 Å². The van der Waals surface area contributed by atoms with E-state index in [2.05, 4.69) is 41.5 Å². The predicted molar refractivity (Wildman–Crippen MR) is 139 cm³/mol. The van der Waals surface area contributed by atoms with Crippen molar-refractivity contribution in [1.82, 2.24) is 34.3 Å². The second-order valence-corrected chi connectivity index (χ2v) is 9.76. The number of benzene rings is 1. The Balaban J connectivity index is 1.40. The van der Waals surface area contributed by atoms with Gasteiger partial charge in [0.05, 0.1) is 29.5 Å². The smallest absolute Gasteiger partial charge is 0.264 e. The van der Waals surface area contributed by atoms with Crippen molar-refractivity contribution in [1.29, 1.82) is 0 Å². The van der Waals surface area contributed by atoms with E-state index in [-0.39, 0.29) is 34.0 Å². The summed E-state index contributed by atoms with van der Waals surface area (Å²) in [5, 5.41) is 15.9. The van der Waals surface area contributed by atoms with Crippen molar-refractivity contribution in [2.24, 2.45) is 7.05 Å². The van der Waals surface area contributed by atoms with E-state index in [1.54, 1.807) is 35.7 Å². The van der Waals surface area contributed by atoms with E-state index < -0.39 is 12.3 Å². The predicted octanol–water partition coefficient (Wildman–Crippen LogP) is 5.38. The molecule has 4 aromatic heterocycles. The van der Waals surface area contributed by atoms with E-state index in [1.807, 2.05) is 24.3 Å². The lowest BCUT2D eigenvalue weighted by Crippen LogP contribution is -2.20. The van der Waals surface area contributed by atoms with E-state index in [1.165, 1.54) is 16.9 Å². The summed E-state index contributed by atoms with van der Waals surface area (Å²) < 4.78 is 33.4. The molecule has 0 saturated carbocycles. The maximum absolute atomic E-state index is 14.0. The number of fused-ring (bicyclic) bond motifs is 1. The average Bonchev–Trinajstić information content (AvgIpc) is 3.52. The summed E-state index contributed by atoms with van der Waals surface area (Å²) in [6.45, 7) is 1.80. The largest absolute Gasteiger partial charge is 0.306 e. The van der Waals surface area contributed by atoms with Gasteiger partial charge in [0.15, 0.2) is 11.5 Å². The van der Waals surface area contributed by atoms with Crippen LogP contribution in [-0.4, -0.2) is 40.2 Å². The lowest BCUT2D eigenvalue weighted by molar-refractivity contribution is -0.116. The number of anilines is 1. The van der Waals surface area contributed by atoms with Crippen molar-refractivity contribution in [3.8, 4) is 11.3 Å². The van der Waals surface area contributed by atoms with Gasteiger partial charge in [-0.2, -0.15) is 15.3 Å². The average molecular weight is 590 g/mol. The maximum Gasteiger partial charge on any atom is 0.264 e. The lowest BCUT2D eigenvalue weighted by atomic mass is 10.1. The number of carbonyl (C=O) groups is 1. The van der Waals surface area contributed by atoms with Gasteiger partial charge in [0.2, 0.25) is 5.91 Å². The highest BCUT2D eigenvalue weighted by Crippen LogP contribution is 2.33. The summed E-state index contributed by atoms with van der Waals surface area (Å²) in [7, 11) is 1.72. The number of hydrogen-bond acceptors (Lipinski definition) is 5. The molecule has 13 heteroatoms. The van der Waals surface area contributed by atoms with E-state index in [0.29, 0.717) is 23.5 Å². The zero-order valence-electron chi connectivity index (χ0n) is 19.7. The Morgan fingerprint density at radius 1 is 1.19 bits per heavy atom. The Labute approximate surface area is 223 Å². The molecule has 5 rings (SSSR count). The van der Waals surface area contributed by atoms with E-state index >= 15 is 0 Å². The van der Waals surface area contributed by atoms with Gasteiger partial charge in [-0.05, 0) is 30.7 Å². The third kappa shape index (κ3) is 5.25. The number of pyridine rings is 1.